The van der Waals surface area contributed by atoms with Gasteiger partial charge in [0, 0.05) is 31.9 Å². The van der Waals surface area contributed by atoms with Gasteiger partial charge in [0.05, 0.1) is 18.9 Å². The lowest BCUT2D eigenvalue weighted by molar-refractivity contribution is 0.0601. The van der Waals surface area contributed by atoms with Crippen LogP contribution in [0.3, 0.4) is 0 Å². The van der Waals surface area contributed by atoms with Gasteiger partial charge in [0.2, 0.25) is 5.95 Å². The number of rotatable bonds is 4. The molecule has 8 nitrogen and oxygen atoms in total. The number of aromatic nitrogens is 3. The van der Waals surface area contributed by atoms with Crippen molar-refractivity contribution in [1.29, 1.82) is 0 Å². The zero-order valence-corrected chi connectivity index (χ0v) is 13.8. The van der Waals surface area contributed by atoms with E-state index in [4.69, 9.17) is 4.74 Å². The third kappa shape index (κ3) is 3.77. The van der Waals surface area contributed by atoms with Crippen LogP contribution in [0.2, 0.25) is 0 Å². The molecule has 8 heteroatoms. The summed E-state index contributed by atoms with van der Waals surface area (Å²) >= 11 is 0. The van der Waals surface area contributed by atoms with E-state index in [2.05, 4.69) is 37.3 Å². The van der Waals surface area contributed by atoms with E-state index in [0.717, 1.165) is 31.9 Å². The van der Waals surface area contributed by atoms with E-state index in [1.807, 2.05) is 6.07 Å². The molecule has 3 rings (SSSR count). The Balaban J connectivity index is 1.74. The van der Waals surface area contributed by atoms with Crippen LogP contribution in [-0.2, 0) is 4.74 Å². The summed E-state index contributed by atoms with van der Waals surface area (Å²) in [4.78, 5) is 20.5. The van der Waals surface area contributed by atoms with Crippen molar-refractivity contribution in [2.75, 3.05) is 50.6 Å². The fourth-order valence-corrected chi connectivity index (χ4v) is 2.48. The monoisotopic (exact) mass is 328 g/mol. The number of carbonyl (C=O) groups is 1. The summed E-state index contributed by atoms with van der Waals surface area (Å²) in [5, 5.41) is 11.3. The van der Waals surface area contributed by atoms with Crippen molar-refractivity contribution in [3.05, 3.63) is 36.0 Å². The number of benzene rings is 1. The zero-order chi connectivity index (χ0) is 16.9. The van der Waals surface area contributed by atoms with Crippen molar-refractivity contribution >= 4 is 23.4 Å². The van der Waals surface area contributed by atoms with Crippen LogP contribution in [0.4, 0.5) is 17.5 Å². The van der Waals surface area contributed by atoms with Gasteiger partial charge >= 0.3 is 5.97 Å². The molecule has 2 aromatic rings. The summed E-state index contributed by atoms with van der Waals surface area (Å²) in [6.07, 6.45) is 1.56. The Morgan fingerprint density at radius 2 is 2.04 bits per heavy atom. The van der Waals surface area contributed by atoms with Gasteiger partial charge in [-0.25, -0.2) is 4.79 Å². The summed E-state index contributed by atoms with van der Waals surface area (Å²) < 4.78 is 4.73. The molecule has 0 saturated carbocycles. The summed E-state index contributed by atoms with van der Waals surface area (Å²) in [6, 6.07) is 7.04. The molecule has 0 bridgehead atoms. The Bertz CT molecular complexity index is 715. The molecule has 0 aliphatic carbocycles. The molecular formula is C16H20N6O2. The van der Waals surface area contributed by atoms with E-state index < -0.39 is 0 Å². The first-order valence-corrected chi connectivity index (χ1v) is 7.74. The maximum atomic E-state index is 11.6. The highest BCUT2D eigenvalue weighted by Gasteiger charge is 2.17. The number of nitrogens with one attached hydrogen (secondary N) is 1. The molecule has 1 aromatic heterocycles. The Morgan fingerprint density at radius 1 is 1.25 bits per heavy atom. The van der Waals surface area contributed by atoms with Gasteiger partial charge in [0.1, 0.15) is 0 Å². The fraction of sp³-hybridized carbons (Fsp3) is 0.375. The largest absolute Gasteiger partial charge is 0.465 e. The third-order valence-corrected chi connectivity index (χ3v) is 3.89. The number of anilines is 3. The zero-order valence-electron chi connectivity index (χ0n) is 13.8. The minimum absolute atomic E-state index is 0.377. The molecule has 0 spiro atoms. The molecule has 0 amide bonds. The molecule has 126 valence electrons. The average Bonchev–Trinajstić information content (AvgIpc) is 2.62. The first kappa shape index (κ1) is 16.1. The molecule has 1 aliphatic heterocycles. The van der Waals surface area contributed by atoms with Crippen molar-refractivity contribution in [1.82, 2.24) is 20.1 Å². The molecule has 1 saturated heterocycles. The van der Waals surface area contributed by atoms with Gasteiger partial charge in [-0.2, -0.15) is 10.1 Å². The van der Waals surface area contributed by atoms with Crippen LogP contribution in [0.1, 0.15) is 10.4 Å². The third-order valence-electron chi connectivity index (χ3n) is 3.89. The van der Waals surface area contributed by atoms with Gasteiger partial charge in [0.25, 0.3) is 0 Å². The molecule has 1 N–H and O–H groups in total. The van der Waals surface area contributed by atoms with E-state index >= 15 is 0 Å². The van der Waals surface area contributed by atoms with Gasteiger partial charge in [-0.1, -0.05) is 6.07 Å². The van der Waals surface area contributed by atoms with E-state index in [1.165, 1.54) is 7.11 Å². The van der Waals surface area contributed by atoms with E-state index in [1.54, 1.807) is 24.4 Å². The van der Waals surface area contributed by atoms with Crippen LogP contribution in [0.15, 0.2) is 30.5 Å². The van der Waals surface area contributed by atoms with Gasteiger partial charge in [-0.15, -0.1) is 5.10 Å². The Morgan fingerprint density at radius 3 is 2.79 bits per heavy atom. The van der Waals surface area contributed by atoms with E-state index in [9.17, 15) is 4.79 Å². The van der Waals surface area contributed by atoms with Crippen molar-refractivity contribution in [3.63, 3.8) is 0 Å². The SMILES string of the molecule is COC(=O)c1cccc(Nc2cnnc(N3CCN(C)CC3)n2)c1. The first-order chi connectivity index (χ1) is 11.7. The van der Waals surface area contributed by atoms with Gasteiger partial charge in [0.15, 0.2) is 5.82 Å². The maximum absolute atomic E-state index is 11.6. The lowest BCUT2D eigenvalue weighted by Gasteiger charge is -2.32. The number of carbonyl (C=O) groups excluding carboxylic acids is 1. The standard InChI is InChI=1S/C16H20N6O2/c1-21-6-8-22(9-7-21)16-19-14(11-17-20-16)18-13-5-3-4-12(10-13)15(23)24-2/h3-5,10-11H,6-9H2,1-2H3,(H,18,19,20). The number of methoxy groups -OCH3 is 1. The quantitative estimate of drug-likeness (QED) is 0.837. The normalized spacial score (nSPS) is 15.2. The number of likely N-dealkylation sites (N-methyl/N-ethyl adjacent to an activating group) is 1. The van der Waals surface area contributed by atoms with Crippen molar-refractivity contribution in [3.8, 4) is 0 Å². The van der Waals surface area contributed by atoms with Gasteiger partial charge in [-0.05, 0) is 25.2 Å². The second-order valence-electron chi connectivity index (χ2n) is 5.63. The Labute approximate surface area is 140 Å². The van der Waals surface area contributed by atoms with Gasteiger partial charge in [-0.3, -0.25) is 0 Å². The molecule has 1 aromatic carbocycles. The van der Waals surface area contributed by atoms with Crippen LogP contribution in [0.5, 0.6) is 0 Å². The van der Waals surface area contributed by atoms with Crippen LogP contribution in [-0.4, -0.2) is 66.4 Å². The lowest BCUT2D eigenvalue weighted by Crippen LogP contribution is -2.45. The highest BCUT2D eigenvalue weighted by atomic mass is 16.5. The van der Waals surface area contributed by atoms with E-state index in [0.29, 0.717) is 17.3 Å². The second-order valence-corrected chi connectivity index (χ2v) is 5.63. The smallest absolute Gasteiger partial charge is 0.337 e. The van der Waals surface area contributed by atoms with Crippen molar-refractivity contribution in [2.24, 2.45) is 0 Å². The summed E-state index contributed by atoms with van der Waals surface area (Å²) in [5.74, 6) is 0.816. The number of piperazine rings is 1. The summed E-state index contributed by atoms with van der Waals surface area (Å²) in [7, 11) is 3.46. The first-order valence-electron chi connectivity index (χ1n) is 7.74. The summed E-state index contributed by atoms with van der Waals surface area (Å²) in [6.45, 7) is 3.70. The number of esters is 1. The number of ether oxygens (including phenoxy) is 1. The number of nitrogens with zero attached hydrogens (tertiary/aromatic N) is 5. The van der Waals surface area contributed by atoms with Gasteiger partial charge < -0.3 is 19.9 Å². The number of hydrogen-bond acceptors (Lipinski definition) is 8. The van der Waals surface area contributed by atoms with Crippen molar-refractivity contribution in [2.45, 2.75) is 0 Å². The molecule has 0 atom stereocenters. The minimum atomic E-state index is -0.377. The highest BCUT2D eigenvalue weighted by molar-refractivity contribution is 5.90. The Kier molecular flexibility index (Phi) is 4.85. The Hall–Kier alpha value is -2.74. The molecular weight excluding hydrogens is 308 g/mol. The van der Waals surface area contributed by atoms with Crippen molar-refractivity contribution < 1.29 is 9.53 Å². The predicted octanol–water partition coefficient (Wildman–Crippen LogP) is 1.15. The molecule has 0 unspecified atom stereocenters. The average molecular weight is 328 g/mol. The lowest BCUT2D eigenvalue weighted by atomic mass is 10.2. The second kappa shape index (κ2) is 7.22. The minimum Gasteiger partial charge on any atom is -0.465 e. The molecule has 24 heavy (non-hydrogen) atoms. The molecule has 2 heterocycles. The predicted molar refractivity (Wildman–Crippen MR) is 90.6 cm³/mol. The molecule has 1 fully saturated rings. The van der Waals surface area contributed by atoms with Crippen LogP contribution >= 0.6 is 0 Å². The van der Waals surface area contributed by atoms with E-state index in [-0.39, 0.29) is 5.97 Å². The van der Waals surface area contributed by atoms with Crippen LogP contribution in [0, 0.1) is 0 Å². The van der Waals surface area contributed by atoms with Crippen LogP contribution in [0.25, 0.3) is 0 Å². The topological polar surface area (TPSA) is 83.5 Å². The summed E-state index contributed by atoms with van der Waals surface area (Å²) in [5.41, 5.74) is 1.21. The fourth-order valence-electron chi connectivity index (χ4n) is 2.48. The highest BCUT2D eigenvalue weighted by Crippen LogP contribution is 2.18. The maximum Gasteiger partial charge on any atom is 0.337 e. The van der Waals surface area contributed by atoms with Crippen LogP contribution < -0.4 is 10.2 Å². The molecule has 1 aliphatic rings. The molecule has 0 radical (unpaired) electrons. The number of hydrogen-bond donors (Lipinski definition) is 1.